The molecule has 1 aromatic carbocycles. The Labute approximate surface area is 156 Å². The maximum atomic E-state index is 13.4. The van der Waals surface area contributed by atoms with Crippen molar-refractivity contribution in [3.63, 3.8) is 0 Å². The number of alkyl halides is 1. The van der Waals surface area contributed by atoms with Gasteiger partial charge in [0.25, 0.3) is 5.56 Å². The number of rotatable bonds is 2. The Morgan fingerprint density at radius 1 is 1.12 bits per heavy atom. The van der Waals surface area contributed by atoms with E-state index in [9.17, 15) is 4.79 Å². The molecule has 0 saturated carbocycles. The minimum atomic E-state index is -0.0286. The lowest BCUT2D eigenvalue weighted by molar-refractivity contribution is 0.699. The topological polar surface area (TPSA) is 47.8 Å². The minimum absolute atomic E-state index is 0.0286. The molecule has 25 heavy (non-hydrogen) atoms. The Hall–Kier alpha value is -1.76. The second-order valence-corrected chi connectivity index (χ2v) is 8.52. The van der Waals surface area contributed by atoms with Crippen LogP contribution in [-0.2, 0) is 18.7 Å². The third-order valence-electron chi connectivity index (χ3n) is 4.65. The number of aromatic nitrogens is 3. The SMILES string of the molecule is O=c1c2c3c(sc2nc(CCl)n1-c1nc2ccccc2s1)CCCC3. The number of nitrogens with zero attached hydrogens (tertiary/aromatic N) is 3. The average Bonchev–Trinajstić information content (AvgIpc) is 3.22. The molecule has 4 aromatic rings. The predicted molar refractivity (Wildman–Crippen MR) is 105 cm³/mol. The molecule has 0 radical (unpaired) electrons. The first kappa shape index (κ1) is 15.5. The van der Waals surface area contributed by atoms with Crippen LogP contribution >= 0.6 is 34.3 Å². The molecule has 3 aromatic heterocycles. The molecule has 0 atom stereocenters. The highest BCUT2D eigenvalue weighted by Crippen LogP contribution is 2.34. The van der Waals surface area contributed by atoms with Crippen molar-refractivity contribution >= 4 is 54.7 Å². The van der Waals surface area contributed by atoms with Gasteiger partial charge in [0.1, 0.15) is 10.7 Å². The van der Waals surface area contributed by atoms with Crippen molar-refractivity contribution < 1.29 is 0 Å². The van der Waals surface area contributed by atoms with Gasteiger partial charge < -0.3 is 0 Å². The zero-order valence-electron chi connectivity index (χ0n) is 13.3. The van der Waals surface area contributed by atoms with Crippen molar-refractivity contribution in [3.05, 3.63) is 50.9 Å². The Morgan fingerprint density at radius 2 is 1.96 bits per heavy atom. The van der Waals surface area contributed by atoms with Crippen LogP contribution < -0.4 is 5.56 Å². The van der Waals surface area contributed by atoms with Crippen molar-refractivity contribution in [3.8, 4) is 5.13 Å². The number of halogens is 1. The van der Waals surface area contributed by atoms with Gasteiger partial charge in [0.2, 0.25) is 0 Å². The fourth-order valence-corrected chi connectivity index (χ4v) is 5.92. The lowest BCUT2D eigenvalue weighted by Gasteiger charge is -2.11. The summed E-state index contributed by atoms with van der Waals surface area (Å²) in [6.07, 6.45) is 4.34. The van der Waals surface area contributed by atoms with Gasteiger partial charge in [-0.05, 0) is 43.4 Å². The quantitative estimate of drug-likeness (QED) is 0.469. The summed E-state index contributed by atoms with van der Waals surface area (Å²) < 4.78 is 2.67. The first-order valence-corrected chi connectivity index (χ1v) is 10.4. The molecule has 0 fully saturated rings. The molecule has 3 heterocycles. The molecule has 4 nitrogen and oxygen atoms in total. The predicted octanol–water partition coefficient (Wildman–Crippen LogP) is 4.67. The molecule has 0 N–H and O–H groups in total. The second kappa shape index (κ2) is 5.90. The second-order valence-electron chi connectivity index (χ2n) is 6.16. The molecule has 0 bridgehead atoms. The van der Waals surface area contributed by atoms with E-state index >= 15 is 0 Å². The van der Waals surface area contributed by atoms with E-state index in [0.717, 1.165) is 39.7 Å². The standard InChI is InChI=1S/C18H14ClN3OS2/c19-9-14-21-16-15(10-5-1-3-7-12(10)24-16)17(23)22(14)18-20-11-6-2-4-8-13(11)25-18/h2,4,6,8H,1,3,5,7,9H2. The lowest BCUT2D eigenvalue weighted by atomic mass is 9.97. The highest BCUT2D eigenvalue weighted by atomic mass is 35.5. The Bertz CT molecular complexity index is 1140. The van der Waals surface area contributed by atoms with E-state index in [1.54, 1.807) is 15.9 Å². The summed E-state index contributed by atoms with van der Waals surface area (Å²) >= 11 is 9.29. The van der Waals surface area contributed by atoms with Crippen LogP contribution in [-0.4, -0.2) is 14.5 Å². The Morgan fingerprint density at radius 3 is 2.80 bits per heavy atom. The summed E-state index contributed by atoms with van der Waals surface area (Å²) in [7, 11) is 0. The van der Waals surface area contributed by atoms with Gasteiger partial charge in [-0.3, -0.25) is 4.79 Å². The number of fused-ring (bicyclic) bond motifs is 4. The molecule has 0 saturated heterocycles. The van der Waals surface area contributed by atoms with E-state index in [1.807, 2.05) is 24.3 Å². The number of thiophene rings is 1. The van der Waals surface area contributed by atoms with E-state index in [2.05, 4.69) is 4.98 Å². The van der Waals surface area contributed by atoms with Gasteiger partial charge in [0, 0.05) is 4.88 Å². The van der Waals surface area contributed by atoms with Crippen LogP contribution in [0.15, 0.2) is 29.1 Å². The first-order valence-electron chi connectivity index (χ1n) is 8.24. The van der Waals surface area contributed by atoms with Crippen LogP contribution in [0.25, 0.3) is 25.6 Å². The monoisotopic (exact) mass is 387 g/mol. The maximum absolute atomic E-state index is 13.4. The molecule has 0 aliphatic heterocycles. The van der Waals surface area contributed by atoms with Crippen LogP contribution in [0.2, 0.25) is 0 Å². The van der Waals surface area contributed by atoms with E-state index in [-0.39, 0.29) is 11.4 Å². The molecule has 7 heteroatoms. The summed E-state index contributed by atoms with van der Waals surface area (Å²) in [5.41, 5.74) is 2.06. The van der Waals surface area contributed by atoms with Crippen molar-refractivity contribution in [2.45, 2.75) is 31.6 Å². The normalized spacial score (nSPS) is 14.3. The molecule has 0 amide bonds. The Balaban J connectivity index is 1.84. The van der Waals surface area contributed by atoms with Crippen molar-refractivity contribution in [1.29, 1.82) is 0 Å². The molecular weight excluding hydrogens is 374 g/mol. The van der Waals surface area contributed by atoms with Gasteiger partial charge in [-0.15, -0.1) is 22.9 Å². The zero-order chi connectivity index (χ0) is 17.0. The molecule has 5 rings (SSSR count). The highest BCUT2D eigenvalue weighted by molar-refractivity contribution is 7.20. The molecular formula is C18H14ClN3OS2. The van der Waals surface area contributed by atoms with Gasteiger partial charge >= 0.3 is 0 Å². The minimum Gasteiger partial charge on any atom is -0.268 e. The third kappa shape index (κ3) is 2.35. The first-order chi connectivity index (χ1) is 12.3. The van der Waals surface area contributed by atoms with Gasteiger partial charge in [0.05, 0.1) is 21.5 Å². The van der Waals surface area contributed by atoms with Crippen molar-refractivity contribution in [2.75, 3.05) is 0 Å². The number of hydrogen-bond donors (Lipinski definition) is 0. The maximum Gasteiger partial charge on any atom is 0.269 e. The van der Waals surface area contributed by atoms with Crippen LogP contribution in [0.5, 0.6) is 0 Å². The van der Waals surface area contributed by atoms with Crippen LogP contribution in [0.4, 0.5) is 0 Å². The molecule has 126 valence electrons. The number of benzene rings is 1. The summed E-state index contributed by atoms with van der Waals surface area (Å²) in [5, 5.41) is 1.42. The van der Waals surface area contributed by atoms with E-state index in [0.29, 0.717) is 11.0 Å². The smallest absolute Gasteiger partial charge is 0.268 e. The van der Waals surface area contributed by atoms with Crippen LogP contribution in [0.1, 0.15) is 29.1 Å². The number of para-hydroxylation sites is 1. The van der Waals surface area contributed by atoms with Gasteiger partial charge in [-0.2, -0.15) is 0 Å². The number of aryl methyl sites for hydroxylation is 2. The van der Waals surface area contributed by atoms with Gasteiger partial charge in [-0.1, -0.05) is 23.5 Å². The third-order valence-corrected chi connectivity index (χ3v) is 7.10. The summed E-state index contributed by atoms with van der Waals surface area (Å²) in [4.78, 5) is 24.9. The highest BCUT2D eigenvalue weighted by Gasteiger charge is 2.23. The van der Waals surface area contributed by atoms with E-state index < -0.39 is 0 Å². The van der Waals surface area contributed by atoms with Gasteiger partial charge in [0.15, 0.2) is 5.13 Å². The lowest BCUT2D eigenvalue weighted by Crippen LogP contribution is -2.23. The fraction of sp³-hybridized carbons (Fsp3) is 0.278. The molecule has 0 unspecified atom stereocenters. The fourth-order valence-electron chi connectivity index (χ4n) is 3.49. The van der Waals surface area contributed by atoms with E-state index in [1.165, 1.54) is 28.2 Å². The largest absolute Gasteiger partial charge is 0.269 e. The van der Waals surface area contributed by atoms with Crippen molar-refractivity contribution in [2.24, 2.45) is 0 Å². The van der Waals surface area contributed by atoms with Crippen LogP contribution in [0, 0.1) is 0 Å². The molecule has 0 spiro atoms. The number of thiazole rings is 1. The van der Waals surface area contributed by atoms with Crippen LogP contribution in [0.3, 0.4) is 0 Å². The van der Waals surface area contributed by atoms with E-state index in [4.69, 9.17) is 16.6 Å². The zero-order valence-corrected chi connectivity index (χ0v) is 15.7. The molecule has 1 aliphatic rings. The summed E-state index contributed by atoms with van der Waals surface area (Å²) in [5.74, 6) is 0.751. The van der Waals surface area contributed by atoms with Crippen molar-refractivity contribution in [1.82, 2.24) is 14.5 Å². The summed E-state index contributed by atoms with van der Waals surface area (Å²) in [6.45, 7) is 0. The van der Waals surface area contributed by atoms with Gasteiger partial charge in [-0.25, -0.2) is 14.5 Å². The Kier molecular flexibility index (Phi) is 3.66. The average molecular weight is 388 g/mol. The molecule has 1 aliphatic carbocycles. The summed E-state index contributed by atoms with van der Waals surface area (Å²) in [6, 6.07) is 7.90. The number of hydrogen-bond acceptors (Lipinski definition) is 5.